The topological polar surface area (TPSA) is 54.5 Å². The van der Waals surface area contributed by atoms with Gasteiger partial charge in [0.15, 0.2) is 6.29 Å². The van der Waals surface area contributed by atoms with Gasteiger partial charge in [0.2, 0.25) is 0 Å². The fourth-order valence-electron chi connectivity index (χ4n) is 2.38. The molecule has 0 radical (unpaired) electrons. The fourth-order valence-corrected chi connectivity index (χ4v) is 4.22. The standard InChI is InChI=1S/C14H9NO2S.C6H6OS2/c16-13-11-8-4-5-9-12(11)14(17)15(13)18-10-6-2-1-3-7-10;7-3-5-1-2-6(4-8)9-5/h1-9H;1-3,8H,4H2. The van der Waals surface area contributed by atoms with E-state index in [1.807, 2.05) is 42.5 Å². The van der Waals surface area contributed by atoms with Gasteiger partial charge in [-0.3, -0.25) is 14.4 Å². The minimum atomic E-state index is -0.246. The lowest BCUT2D eigenvalue weighted by Crippen LogP contribution is -2.21. The summed E-state index contributed by atoms with van der Waals surface area (Å²) in [7, 11) is 0. The number of benzene rings is 2. The van der Waals surface area contributed by atoms with Crippen LogP contribution in [0.1, 0.15) is 35.3 Å². The second-order valence-corrected chi connectivity index (χ2v) is 7.97. The summed E-state index contributed by atoms with van der Waals surface area (Å²) < 4.78 is 1.21. The number of aldehydes is 1. The van der Waals surface area contributed by atoms with Gasteiger partial charge in [-0.1, -0.05) is 30.3 Å². The third-order valence-electron chi connectivity index (χ3n) is 3.65. The predicted octanol–water partition coefficient (Wildman–Crippen LogP) is 4.98. The van der Waals surface area contributed by atoms with Crippen LogP contribution in [0.5, 0.6) is 0 Å². The summed E-state index contributed by atoms with van der Waals surface area (Å²) in [4.78, 5) is 37.1. The molecule has 4 nitrogen and oxygen atoms in total. The Morgan fingerprint density at radius 1 is 0.889 bits per heavy atom. The number of thiol groups is 1. The molecular weight excluding hydrogens is 398 g/mol. The molecule has 2 aromatic carbocycles. The Balaban J connectivity index is 0.000000197. The minimum absolute atomic E-state index is 0.246. The number of amides is 2. The largest absolute Gasteiger partial charge is 0.297 e. The molecular formula is C20H15NO3S3. The number of nitrogens with zero attached hydrogens (tertiary/aromatic N) is 1. The zero-order chi connectivity index (χ0) is 19.2. The Labute approximate surface area is 170 Å². The van der Waals surface area contributed by atoms with Gasteiger partial charge < -0.3 is 0 Å². The fraction of sp³-hybridized carbons (Fsp3) is 0.0500. The first-order chi connectivity index (χ1) is 13.1. The molecule has 3 aromatic rings. The molecule has 7 heteroatoms. The van der Waals surface area contributed by atoms with Crippen molar-refractivity contribution in [1.82, 2.24) is 4.31 Å². The molecule has 0 atom stereocenters. The minimum Gasteiger partial charge on any atom is -0.297 e. The van der Waals surface area contributed by atoms with Gasteiger partial charge in [0.05, 0.1) is 16.0 Å². The van der Waals surface area contributed by atoms with Crippen molar-refractivity contribution in [3.8, 4) is 0 Å². The van der Waals surface area contributed by atoms with Crippen LogP contribution in [-0.2, 0) is 5.75 Å². The second kappa shape index (κ2) is 9.03. The Bertz CT molecular complexity index is 934. The first-order valence-corrected chi connectivity index (χ1v) is 10.2. The van der Waals surface area contributed by atoms with Crippen molar-refractivity contribution in [2.75, 3.05) is 0 Å². The molecule has 1 aromatic heterocycles. The van der Waals surface area contributed by atoms with E-state index in [1.54, 1.807) is 24.3 Å². The maximum Gasteiger partial charge on any atom is 0.272 e. The van der Waals surface area contributed by atoms with Crippen LogP contribution >= 0.6 is 35.9 Å². The Hall–Kier alpha value is -2.35. The zero-order valence-electron chi connectivity index (χ0n) is 14.1. The van der Waals surface area contributed by atoms with Crippen molar-refractivity contribution < 1.29 is 14.4 Å². The van der Waals surface area contributed by atoms with Crippen LogP contribution in [0.15, 0.2) is 71.6 Å². The van der Waals surface area contributed by atoms with Crippen LogP contribution in [-0.4, -0.2) is 22.4 Å². The Morgan fingerprint density at radius 2 is 1.48 bits per heavy atom. The summed E-state index contributed by atoms with van der Waals surface area (Å²) in [5.41, 5.74) is 0.955. The first kappa shape index (κ1) is 19.4. The van der Waals surface area contributed by atoms with Gasteiger partial charge in [0.1, 0.15) is 0 Å². The van der Waals surface area contributed by atoms with Gasteiger partial charge in [-0.2, -0.15) is 12.6 Å². The smallest absolute Gasteiger partial charge is 0.272 e. The Morgan fingerprint density at radius 3 is 1.96 bits per heavy atom. The van der Waals surface area contributed by atoms with Gasteiger partial charge in [-0.15, -0.1) is 11.3 Å². The molecule has 0 spiro atoms. The molecule has 1 aliphatic heterocycles. The lowest BCUT2D eigenvalue weighted by molar-refractivity contribution is 0.0776. The predicted molar refractivity (Wildman–Crippen MR) is 112 cm³/mol. The van der Waals surface area contributed by atoms with Crippen LogP contribution in [0.2, 0.25) is 0 Å². The quantitative estimate of drug-likeness (QED) is 0.284. The maximum absolute atomic E-state index is 12.1. The van der Waals surface area contributed by atoms with E-state index in [1.165, 1.54) is 15.6 Å². The molecule has 2 amide bonds. The van der Waals surface area contributed by atoms with Crippen molar-refractivity contribution in [3.63, 3.8) is 0 Å². The number of carbonyl (C=O) groups excluding carboxylic acids is 3. The molecule has 0 saturated carbocycles. The van der Waals surface area contributed by atoms with Crippen LogP contribution in [0, 0.1) is 0 Å². The van der Waals surface area contributed by atoms with E-state index in [2.05, 4.69) is 12.6 Å². The van der Waals surface area contributed by atoms with E-state index in [0.29, 0.717) is 11.1 Å². The highest BCUT2D eigenvalue weighted by molar-refractivity contribution is 7.98. The van der Waals surface area contributed by atoms with E-state index in [4.69, 9.17) is 0 Å². The average molecular weight is 414 g/mol. The number of hydrogen-bond donors (Lipinski definition) is 1. The van der Waals surface area contributed by atoms with E-state index < -0.39 is 0 Å². The molecule has 1 aliphatic rings. The summed E-state index contributed by atoms with van der Waals surface area (Å²) in [6.07, 6.45) is 0.859. The summed E-state index contributed by atoms with van der Waals surface area (Å²) >= 11 is 6.70. The van der Waals surface area contributed by atoms with E-state index >= 15 is 0 Å². The summed E-state index contributed by atoms with van der Waals surface area (Å²) in [5.74, 6) is 0.229. The monoisotopic (exact) mass is 413 g/mol. The van der Waals surface area contributed by atoms with Crippen molar-refractivity contribution >= 4 is 54.0 Å². The molecule has 4 rings (SSSR count). The van der Waals surface area contributed by atoms with Crippen LogP contribution < -0.4 is 0 Å². The molecule has 0 N–H and O–H groups in total. The lowest BCUT2D eigenvalue weighted by Gasteiger charge is -2.11. The number of rotatable bonds is 4. The number of imide groups is 1. The molecule has 0 saturated heterocycles. The summed E-state index contributed by atoms with van der Waals surface area (Å²) in [6.45, 7) is 0. The molecule has 0 unspecified atom stereocenters. The molecule has 2 heterocycles. The van der Waals surface area contributed by atoms with Crippen molar-refractivity contribution in [2.45, 2.75) is 10.6 Å². The molecule has 27 heavy (non-hydrogen) atoms. The normalized spacial score (nSPS) is 12.4. The number of carbonyl (C=O) groups is 3. The van der Waals surface area contributed by atoms with Crippen molar-refractivity contribution in [3.05, 3.63) is 87.6 Å². The van der Waals surface area contributed by atoms with Crippen molar-refractivity contribution in [2.24, 2.45) is 0 Å². The van der Waals surface area contributed by atoms with E-state index in [-0.39, 0.29) is 11.8 Å². The second-order valence-electron chi connectivity index (χ2n) is 5.43. The Kier molecular flexibility index (Phi) is 6.49. The first-order valence-electron chi connectivity index (χ1n) is 7.99. The molecule has 0 bridgehead atoms. The van der Waals surface area contributed by atoms with Gasteiger partial charge in [0, 0.05) is 15.5 Å². The van der Waals surface area contributed by atoms with Crippen LogP contribution in [0.4, 0.5) is 0 Å². The highest BCUT2D eigenvalue weighted by atomic mass is 32.2. The summed E-state index contributed by atoms with van der Waals surface area (Å²) in [6, 6.07) is 20.0. The third-order valence-corrected chi connectivity index (χ3v) is 6.21. The SMILES string of the molecule is O=C1c2ccccc2C(=O)N1Sc1ccccc1.O=Cc1ccc(CS)s1. The van der Waals surface area contributed by atoms with Crippen LogP contribution in [0.3, 0.4) is 0 Å². The highest BCUT2D eigenvalue weighted by Crippen LogP contribution is 2.32. The van der Waals surface area contributed by atoms with Gasteiger partial charge in [-0.05, 0) is 48.3 Å². The molecule has 0 aliphatic carbocycles. The maximum atomic E-state index is 12.1. The number of fused-ring (bicyclic) bond motifs is 1. The van der Waals surface area contributed by atoms with E-state index in [9.17, 15) is 14.4 Å². The average Bonchev–Trinajstić information content (AvgIpc) is 3.29. The lowest BCUT2D eigenvalue weighted by atomic mass is 10.1. The van der Waals surface area contributed by atoms with Crippen molar-refractivity contribution in [1.29, 1.82) is 0 Å². The highest BCUT2D eigenvalue weighted by Gasteiger charge is 2.36. The molecule has 136 valence electrons. The summed E-state index contributed by atoms with van der Waals surface area (Å²) in [5, 5.41) is 0. The molecule has 0 fully saturated rings. The van der Waals surface area contributed by atoms with Gasteiger partial charge >= 0.3 is 0 Å². The van der Waals surface area contributed by atoms with Gasteiger partial charge in [0.25, 0.3) is 11.8 Å². The third kappa shape index (κ3) is 4.50. The van der Waals surface area contributed by atoms with E-state index in [0.717, 1.165) is 38.6 Å². The number of thiophene rings is 1. The zero-order valence-corrected chi connectivity index (χ0v) is 16.6. The van der Waals surface area contributed by atoms with Gasteiger partial charge in [-0.25, -0.2) is 4.31 Å². The number of hydrogen-bond acceptors (Lipinski definition) is 6. The van der Waals surface area contributed by atoms with Crippen LogP contribution in [0.25, 0.3) is 0 Å².